The molecule has 0 bridgehead atoms. The largest absolute Gasteiger partial charge is 0.393 e. The number of primary amides is 1. The van der Waals surface area contributed by atoms with E-state index >= 15 is 0 Å². The van der Waals surface area contributed by atoms with Crippen molar-refractivity contribution in [3.05, 3.63) is 0 Å². The number of aliphatic hydroxyl groups excluding tert-OH is 1. The summed E-state index contributed by atoms with van der Waals surface area (Å²) in [5.74, 6) is -0.704. The first-order chi connectivity index (χ1) is 7.89. The minimum absolute atomic E-state index is 0.0520. The first kappa shape index (κ1) is 14.4. The van der Waals surface area contributed by atoms with Gasteiger partial charge in [-0.15, -0.1) is 0 Å². The molecule has 100 valence electrons. The fourth-order valence-electron chi connectivity index (χ4n) is 1.77. The van der Waals surface area contributed by atoms with Gasteiger partial charge in [-0.05, 0) is 12.8 Å². The molecule has 0 aromatic carbocycles. The first-order valence-electron chi connectivity index (χ1n) is 5.78. The third kappa shape index (κ3) is 5.99. The molecule has 1 heterocycles. The SMILES string of the molecule is NC(=O)CCS(=O)(=O)CCN1CCC(O)CC1. The Balaban J connectivity index is 2.27. The highest BCUT2D eigenvalue weighted by atomic mass is 32.2. The molecule has 1 saturated heterocycles. The summed E-state index contributed by atoms with van der Waals surface area (Å²) < 4.78 is 23.1. The van der Waals surface area contributed by atoms with Crippen LogP contribution in [0, 0.1) is 0 Å². The minimum Gasteiger partial charge on any atom is -0.393 e. The van der Waals surface area contributed by atoms with Crippen LogP contribution in [0.5, 0.6) is 0 Å². The van der Waals surface area contributed by atoms with E-state index in [4.69, 9.17) is 5.73 Å². The van der Waals surface area contributed by atoms with Crippen LogP contribution >= 0.6 is 0 Å². The number of carbonyl (C=O) groups excluding carboxylic acids is 1. The second kappa shape index (κ2) is 6.32. The summed E-state index contributed by atoms with van der Waals surface area (Å²) in [7, 11) is -3.19. The van der Waals surface area contributed by atoms with Crippen molar-refractivity contribution < 1.29 is 18.3 Å². The predicted molar refractivity (Wildman–Crippen MR) is 64.1 cm³/mol. The molecule has 1 fully saturated rings. The number of hydrogen-bond donors (Lipinski definition) is 2. The highest BCUT2D eigenvalue weighted by molar-refractivity contribution is 7.91. The molecule has 1 amide bonds. The summed E-state index contributed by atoms with van der Waals surface area (Å²) in [6.07, 6.45) is 1.03. The van der Waals surface area contributed by atoms with E-state index in [1.165, 1.54) is 0 Å². The normalized spacial score (nSPS) is 19.4. The van der Waals surface area contributed by atoms with Crippen LogP contribution in [0.1, 0.15) is 19.3 Å². The number of carbonyl (C=O) groups is 1. The molecule has 1 aliphatic rings. The van der Waals surface area contributed by atoms with Crippen molar-refractivity contribution in [2.45, 2.75) is 25.4 Å². The molecule has 7 heteroatoms. The van der Waals surface area contributed by atoms with Crippen molar-refractivity contribution in [3.63, 3.8) is 0 Å². The average Bonchev–Trinajstić information content (AvgIpc) is 2.26. The average molecular weight is 264 g/mol. The highest BCUT2D eigenvalue weighted by Gasteiger charge is 2.19. The van der Waals surface area contributed by atoms with E-state index < -0.39 is 15.7 Å². The predicted octanol–water partition coefficient (Wildman–Crippen LogP) is -1.27. The first-order valence-corrected chi connectivity index (χ1v) is 7.60. The Hall–Kier alpha value is -0.660. The van der Waals surface area contributed by atoms with E-state index in [1.807, 2.05) is 4.90 Å². The molecule has 0 aromatic rings. The summed E-state index contributed by atoms with van der Waals surface area (Å²) >= 11 is 0. The quantitative estimate of drug-likeness (QED) is 0.623. The zero-order chi connectivity index (χ0) is 12.9. The van der Waals surface area contributed by atoms with Crippen LogP contribution in [0.3, 0.4) is 0 Å². The Morgan fingerprint density at radius 1 is 1.29 bits per heavy atom. The molecule has 0 spiro atoms. The van der Waals surface area contributed by atoms with E-state index in [1.54, 1.807) is 0 Å². The van der Waals surface area contributed by atoms with Gasteiger partial charge in [0, 0.05) is 26.1 Å². The fourth-order valence-corrected chi connectivity index (χ4v) is 3.02. The maximum absolute atomic E-state index is 11.6. The second-order valence-corrected chi connectivity index (χ2v) is 6.74. The van der Waals surface area contributed by atoms with Crippen molar-refractivity contribution in [3.8, 4) is 0 Å². The number of nitrogens with zero attached hydrogens (tertiary/aromatic N) is 1. The topological polar surface area (TPSA) is 101 Å². The van der Waals surface area contributed by atoms with Crippen molar-refractivity contribution in [1.82, 2.24) is 4.90 Å². The molecule has 6 nitrogen and oxygen atoms in total. The van der Waals surface area contributed by atoms with Gasteiger partial charge in [0.25, 0.3) is 0 Å². The summed E-state index contributed by atoms with van der Waals surface area (Å²) in [6, 6.07) is 0. The number of piperidine rings is 1. The van der Waals surface area contributed by atoms with Crippen LogP contribution in [0.2, 0.25) is 0 Å². The van der Waals surface area contributed by atoms with E-state index in [9.17, 15) is 18.3 Å². The fraction of sp³-hybridized carbons (Fsp3) is 0.900. The van der Waals surface area contributed by atoms with Crippen molar-refractivity contribution in [2.24, 2.45) is 5.73 Å². The molecule has 3 N–H and O–H groups in total. The lowest BCUT2D eigenvalue weighted by Gasteiger charge is -2.29. The Morgan fingerprint density at radius 2 is 1.88 bits per heavy atom. The Kier molecular flexibility index (Phi) is 5.35. The van der Waals surface area contributed by atoms with E-state index in [2.05, 4.69) is 0 Å². The smallest absolute Gasteiger partial charge is 0.218 e. The Morgan fingerprint density at radius 3 is 2.41 bits per heavy atom. The van der Waals surface area contributed by atoms with Gasteiger partial charge < -0.3 is 15.7 Å². The zero-order valence-corrected chi connectivity index (χ0v) is 10.7. The number of sulfone groups is 1. The van der Waals surface area contributed by atoms with Gasteiger partial charge in [-0.25, -0.2) is 8.42 Å². The monoisotopic (exact) mass is 264 g/mol. The molecular formula is C10H20N2O4S. The van der Waals surface area contributed by atoms with Gasteiger partial charge in [0.1, 0.15) is 0 Å². The maximum atomic E-state index is 11.6. The molecular weight excluding hydrogens is 244 g/mol. The summed E-state index contributed by atoms with van der Waals surface area (Å²) in [6.45, 7) is 1.92. The maximum Gasteiger partial charge on any atom is 0.218 e. The van der Waals surface area contributed by atoms with E-state index in [-0.39, 0.29) is 24.0 Å². The molecule has 0 saturated carbocycles. The van der Waals surface area contributed by atoms with Gasteiger partial charge in [0.15, 0.2) is 9.84 Å². The lowest BCUT2D eigenvalue weighted by atomic mass is 10.1. The van der Waals surface area contributed by atoms with Gasteiger partial charge in [-0.1, -0.05) is 0 Å². The molecule has 0 aliphatic carbocycles. The lowest BCUT2D eigenvalue weighted by molar-refractivity contribution is -0.117. The Bertz CT molecular complexity index is 347. The Labute approximate surface area is 102 Å². The van der Waals surface area contributed by atoms with Crippen molar-refractivity contribution in [2.75, 3.05) is 31.1 Å². The lowest BCUT2D eigenvalue weighted by Crippen LogP contribution is -2.38. The third-order valence-corrected chi connectivity index (χ3v) is 4.57. The number of hydrogen-bond acceptors (Lipinski definition) is 5. The van der Waals surface area contributed by atoms with Gasteiger partial charge >= 0.3 is 0 Å². The molecule has 0 atom stereocenters. The molecule has 1 rings (SSSR count). The van der Waals surface area contributed by atoms with Crippen LogP contribution in [0.15, 0.2) is 0 Å². The number of amides is 1. The van der Waals surface area contributed by atoms with Crippen LogP contribution in [-0.2, 0) is 14.6 Å². The highest BCUT2D eigenvalue weighted by Crippen LogP contribution is 2.09. The summed E-state index contributed by atoms with van der Waals surface area (Å²) in [5.41, 5.74) is 4.91. The van der Waals surface area contributed by atoms with E-state index in [0.717, 1.165) is 13.1 Å². The van der Waals surface area contributed by atoms with E-state index in [0.29, 0.717) is 19.4 Å². The minimum atomic E-state index is -3.19. The van der Waals surface area contributed by atoms with Crippen molar-refractivity contribution >= 4 is 15.7 Å². The molecule has 0 aromatic heterocycles. The number of aliphatic hydroxyl groups is 1. The van der Waals surface area contributed by atoms with Gasteiger partial charge in [0.2, 0.25) is 5.91 Å². The molecule has 0 unspecified atom stereocenters. The van der Waals surface area contributed by atoms with Crippen LogP contribution in [0.25, 0.3) is 0 Å². The molecule has 17 heavy (non-hydrogen) atoms. The summed E-state index contributed by atoms with van der Waals surface area (Å²) in [5, 5.41) is 9.30. The molecule has 0 radical (unpaired) electrons. The molecule has 1 aliphatic heterocycles. The van der Waals surface area contributed by atoms with Crippen LogP contribution in [0.4, 0.5) is 0 Å². The number of likely N-dealkylation sites (tertiary alicyclic amines) is 1. The van der Waals surface area contributed by atoms with Gasteiger partial charge in [-0.3, -0.25) is 4.79 Å². The second-order valence-electron chi connectivity index (χ2n) is 4.44. The third-order valence-electron chi connectivity index (χ3n) is 2.94. The number of nitrogens with two attached hydrogens (primary N) is 1. The zero-order valence-electron chi connectivity index (χ0n) is 9.84. The van der Waals surface area contributed by atoms with Gasteiger partial charge in [-0.2, -0.15) is 0 Å². The summed E-state index contributed by atoms with van der Waals surface area (Å²) in [4.78, 5) is 12.5. The van der Waals surface area contributed by atoms with Crippen LogP contribution in [-0.4, -0.2) is 61.6 Å². The van der Waals surface area contributed by atoms with Crippen LogP contribution < -0.4 is 5.73 Å². The number of rotatable bonds is 6. The standard InChI is InChI=1S/C10H20N2O4S/c11-10(14)3-7-17(15,16)8-6-12-4-1-9(13)2-5-12/h9,13H,1-8H2,(H2,11,14). The van der Waals surface area contributed by atoms with Gasteiger partial charge in [0.05, 0.1) is 17.6 Å². The van der Waals surface area contributed by atoms with Crippen molar-refractivity contribution in [1.29, 1.82) is 0 Å².